The summed E-state index contributed by atoms with van der Waals surface area (Å²) in [5.41, 5.74) is 5.69. The Hall–Kier alpha value is -0.120. The van der Waals surface area contributed by atoms with Crippen LogP contribution >= 0.6 is 0 Å². The van der Waals surface area contributed by atoms with Crippen LogP contribution in [-0.2, 0) is 0 Å². The van der Waals surface area contributed by atoms with Crippen molar-refractivity contribution in [3.8, 4) is 0 Å². The van der Waals surface area contributed by atoms with Crippen LogP contribution in [0.5, 0.6) is 0 Å². The fourth-order valence-electron chi connectivity index (χ4n) is 2.26. The zero-order valence-electron chi connectivity index (χ0n) is 11.3. The largest absolute Gasteiger partial charge is 0.330 e. The van der Waals surface area contributed by atoms with Gasteiger partial charge in [-0.3, -0.25) is 0 Å². The maximum atomic E-state index is 5.69. The molecular formula is C13H29N3. The molecule has 1 atom stereocenters. The molecule has 0 aromatic rings. The second kappa shape index (κ2) is 7.25. The van der Waals surface area contributed by atoms with Gasteiger partial charge in [0.05, 0.1) is 0 Å². The van der Waals surface area contributed by atoms with Crippen molar-refractivity contribution in [2.45, 2.75) is 39.2 Å². The Morgan fingerprint density at radius 3 is 2.69 bits per heavy atom. The molecule has 3 heteroatoms. The molecular weight excluding hydrogens is 198 g/mol. The molecule has 1 heterocycles. The minimum atomic E-state index is 0.674. The van der Waals surface area contributed by atoms with Gasteiger partial charge in [0, 0.05) is 12.6 Å². The van der Waals surface area contributed by atoms with Gasteiger partial charge in [0.15, 0.2) is 0 Å². The summed E-state index contributed by atoms with van der Waals surface area (Å²) in [6.07, 6.45) is 3.95. The summed E-state index contributed by atoms with van der Waals surface area (Å²) in [5.74, 6) is 0.762. The quantitative estimate of drug-likeness (QED) is 0.667. The lowest BCUT2D eigenvalue weighted by Crippen LogP contribution is -2.28. The monoisotopic (exact) mass is 227 g/mol. The van der Waals surface area contributed by atoms with Gasteiger partial charge in [-0.1, -0.05) is 0 Å². The zero-order valence-corrected chi connectivity index (χ0v) is 11.3. The van der Waals surface area contributed by atoms with Gasteiger partial charge in [-0.2, -0.15) is 0 Å². The standard InChI is InChI=1S/C13H29N3/c1-12(2)15(3)7-4-5-8-16-9-6-13(10-14)11-16/h12-13H,4-11,14H2,1-3H3. The highest BCUT2D eigenvalue weighted by molar-refractivity contribution is 4.75. The highest BCUT2D eigenvalue weighted by atomic mass is 15.1. The molecule has 0 amide bonds. The maximum Gasteiger partial charge on any atom is 0.00355 e. The minimum absolute atomic E-state index is 0.674. The van der Waals surface area contributed by atoms with E-state index in [0.717, 1.165) is 12.5 Å². The number of rotatable bonds is 7. The molecule has 0 aromatic carbocycles. The highest BCUT2D eigenvalue weighted by Gasteiger charge is 2.20. The Morgan fingerprint density at radius 1 is 1.38 bits per heavy atom. The van der Waals surface area contributed by atoms with Crippen molar-refractivity contribution in [3.63, 3.8) is 0 Å². The van der Waals surface area contributed by atoms with E-state index in [-0.39, 0.29) is 0 Å². The molecule has 1 rings (SSSR count). The number of nitrogens with zero attached hydrogens (tertiary/aromatic N) is 2. The molecule has 1 fully saturated rings. The van der Waals surface area contributed by atoms with Crippen LogP contribution in [0.3, 0.4) is 0 Å². The summed E-state index contributed by atoms with van der Waals surface area (Å²) in [6, 6.07) is 0.674. The van der Waals surface area contributed by atoms with Crippen molar-refractivity contribution < 1.29 is 0 Å². The maximum absolute atomic E-state index is 5.69. The Labute approximate surface area is 101 Å². The van der Waals surface area contributed by atoms with Crippen molar-refractivity contribution in [2.75, 3.05) is 39.8 Å². The molecule has 0 saturated carbocycles. The predicted molar refractivity (Wildman–Crippen MR) is 70.6 cm³/mol. The first-order chi connectivity index (χ1) is 7.63. The second-order valence-electron chi connectivity index (χ2n) is 5.47. The first kappa shape index (κ1) is 13.9. The second-order valence-corrected chi connectivity index (χ2v) is 5.47. The third-order valence-corrected chi connectivity index (χ3v) is 3.82. The number of hydrogen-bond acceptors (Lipinski definition) is 3. The zero-order chi connectivity index (χ0) is 12.0. The van der Waals surface area contributed by atoms with Crippen LogP contribution in [0.25, 0.3) is 0 Å². The van der Waals surface area contributed by atoms with Gasteiger partial charge < -0.3 is 15.5 Å². The molecule has 1 aliphatic heterocycles. The highest BCUT2D eigenvalue weighted by Crippen LogP contribution is 2.15. The molecule has 1 aliphatic rings. The van der Waals surface area contributed by atoms with Crippen LogP contribution < -0.4 is 5.73 Å². The fraction of sp³-hybridized carbons (Fsp3) is 1.00. The summed E-state index contributed by atoms with van der Waals surface area (Å²) >= 11 is 0. The van der Waals surface area contributed by atoms with E-state index in [4.69, 9.17) is 5.73 Å². The van der Waals surface area contributed by atoms with Gasteiger partial charge in [0.25, 0.3) is 0 Å². The average molecular weight is 227 g/mol. The Kier molecular flexibility index (Phi) is 6.32. The summed E-state index contributed by atoms with van der Waals surface area (Å²) in [6.45, 7) is 10.4. The lowest BCUT2D eigenvalue weighted by Gasteiger charge is -2.21. The molecule has 1 unspecified atom stereocenters. The topological polar surface area (TPSA) is 32.5 Å². The first-order valence-corrected chi connectivity index (χ1v) is 6.76. The third-order valence-electron chi connectivity index (χ3n) is 3.82. The smallest absolute Gasteiger partial charge is 0.00355 e. The molecule has 0 aromatic heterocycles. The van der Waals surface area contributed by atoms with Crippen molar-refractivity contribution in [1.82, 2.24) is 9.80 Å². The molecule has 0 bridgehead atoms. The summed E-state index contributed by atoms with van der Waals surface area (Å²) < 4.78 is 0. The van der Waals surface area contributed by atoms with Crippen LogP contribution in [0.2, 0.25) is 0 Å². The summed E-state index contributed by atoms with van der Waals surface area (Å²) in [4.78, 5) is 5.00. The van der Waals surface area contributed by atoms with E-state index < -0.39 is 0 Å². The Balaban J connectivity index is 2.00. The number of nitrogens with two attached hydrogens (primary N) is 1. The average Bonchev–Trinajstić information content (AvgIpc) is 2.71. The molecule has 2 N–H and O–H groups in total. The Morgan fingerprint density at radius 2 is 2.12 bits per heavy atom. The van der Waals surface area contributed by atoms with Crippen LogP contribution in [0.4, 0.5) is 0 Å². The molecule has 0 spiro atoms. The van der Waals surface area contributed by atoms with E-state index >= 15 is 0 Å². The van der Waals surface area contributed by atoms with Gasteiger partial charge in [0.2, 0.25) is 0 Å². The van der Waals surface area contributed by atoms with Crippen molar-refractivity contribution in [1.29, 1.82) is 0 Å². The number of likely N-dealkylation sites (tertiary alicyclic amines) is 1. The Bertz CT molecular complexity index is 182. The van der Waals surface area contributed by atoms with Gasteiger partial charge in [-0.05, 0) is 72.3 Å². The fourth-order valence-corrected chi connectivity index (χ4v) is 2.26. The first-order valence-electron chi connectivity index (χ1n) is 6.76. The lowest BCUT2D eigenvalue weighted by molar-refractivity contribution is 0.255. The molecule has 96 valence electrons. The van der Waals surface area contributed by atoms with Crippen molar-refractivity contribution >= 4 is 0 Å². The van der Waals surface area contributed by atoms with E-state index in [1.165, 1.54) is 45.4 Å². The number of hydrogen-bond donors (Lipinski definition) is 1. The summed E-state index contributed by atoms with van der Waals surface area (Å²) in [7, 11) is 2.21. The van der Waals surface area contributed by atoms with E-state index in [1.54, 1.807) is 0 Å². The molecule has 16 heavy (non-hydrogen) atoms. The predicted octanol–water partition coefficient (Wildman–Crippen LogP) is 1.39. The van der Waals surface area contributed by atoms with Gasteiger partial charge in [-0.25, -0.2) is 0 Å². The van der Waals surface area contributed by atoms with Crippen LogP contribution in [0, 0.1) is 5.92 Å². The molecule has 0 aliphatic carbocycles. The molecule has 0 radical (unpaired) electrons. The van der Waals surface area contributed by atoms with Crippen LogP contribution in [0.15, 0.2) is 0 Å². The normalized spacial score (nSPS) is 22.5. The van der Waals surface area contributed by atoms with Gasteiger partial charge >= 0.3 is 0 Å². The third kappa shape index (κ3) is 4.81. The van der Waals surface area contributed by atoms with Gasteiger partial charge in [-0.15, -0.1) is 0 Å². The minimum Gasteiger partial charge on any atom is -0.330 e. The summed E-state index contributed by atoms with van der Waals surface area (Å²) in [5, 5.41) is 0. The van der Waals surface area contributed by atoms with E-state index in [0.29, 0.717) is 6.04 Å². The lowest BCUT2D eigenvalue weighted by atomic mass is 10.1. The van der Waals surface area contributed by atoms with Crippen molar-refractivity contribution in [2.24, 2.45) is 11.7 Å². The van der Waals surface area contributed by atoms with Gasteiger partial charge in [0.1, 0.15) is 0 Å². The SMILES string of the molecule is CC(C)N(C)CCCCN1CCC(CN)C1. The number of unbranched alkanes of at least 4 members (excludes halogenated alkanes) is 1. The van der Waals surface area contributed by atoms with E-state index in [9.17, 15) is 0 Å². The molecule has 1 saturated heterocycles. The molecule has 3 nitrogen and oxygen atoms in total. The van der Waals surface area contributed by atoms with E-state index in [2.05, 4.69) is 30.7 Å². The van der Waals surface area contributed by atoms with E-state index in [1.807, 2.05) is 0 Å². The van der Waals surface area contributed by atoms with Crippen molar-refractivity contribution in [3.05, 3.63) is 0 Å². The van der Waals surface area contributed by atoms with Crippen LogP contribution in [0.1, 0.15) is 33.1 Å². The van der Waals surface area contributed by atoms with Crippen LogP contribution in [-0.4, -0.2) is 55.6 Å².